The van der Waals surface area contributed by atoms with Crippen molar-refractivity contribution in [1.82, 2.24) is 15.1 Å². The zero-order valence-electron chi connectivity index (χ0n) is 12.1. The highest BCUT2D eigenvalue weighted by molar-refractivity contribution is 5.77. The van der Waals surface area contributed by atoms with Crippen molar-refractivity contribution in [1.29, 1.82) is 0 Å². The van der Waals surface area contributed by atoms with E-state index in [1.807, 2.05) is 17.9 Å². The third kappa shape index (κ3) is 2.61. The summed E-state index contributed by atoms with van der Waals surface area (Å²) in [5, 5.41) is 2.86. The topological polar surface area (TPSA) is 61.6 Å². The lowest BCUT2D eigenvalue weighted by molar-refractivity contribution is 0.0780. The van der Waals surface area contributed by atoms with Gasteiger partial charge in [-0.3, -0.25) is 4.90 Å². The summed E-state index contributed by atoms with van der Waals surface area (Å²) < 4.78 is 14.1. The normalized spacial score (nSPS) is 25.4. The van der Waals surface area contributed by atoms with E-state index in [1.165, 1.54) is 6.07 Å². The van der Waals surface area contributed by atoms with Crippen molar-refractivity contribution in [2.45, 2.75) is 25.0 Å². The molecule has 1 aromatic rings. The first kappa shape index (κ1) is 14.3. The van der Waals surface area contributed by atoms with Crippen LogP contribution in [0.1, 0.15) is 18.5 Å². The summed E-state index contributed by atoms with van der Waals surface area (Å²) >= 11 is 0. The number of hydrogen-bond acceptors (Lipinski definition) is 3. The van der Waals surface area contributed by atoms with Gasteiger partial charge in [0.15, 0.2) is 0 Å². The van der Waals surface area contributed by atoms with Crippen LogP contribution in [0.25, 0.3) is 0 Å². The highest BCUT2D eigenvalue weighted by Crippen LogP contribution is 2.29. The minimum absolute atomic E-state index is 0.00267. The average Bonchev–Trinajstić information content (AvgIpc) is 2.82. The van der Waals surface area contributed by atoms with Gasteiger partial charge in [0.1, 0.15) is 5.82 Å². The Kier molecular flexibility index (Phi) is 3.82. The first-order valence-electron chi connectivity index (χ1n) is 7.36. The van der Waals surface area contributed by atoms with Crippen LogP contribution >= 0.6 is 0 Å². The molecule has 0 aromatic heterocycles. The molecule has 3 unspecified atom stereocenters. The Morgan fingerprint density at radius 3 is 2.86 bits per heavy atom. The number of nitrogens with two attached hydrogens (primary N) is 1. The van der Waals surface area contributed by atoms with Gasteiger partial charge in [-0.2, -0.15) is 0 Å². The zero-order valence-corrected chi connectivity index (χ0v) is 12.1. The molecule has 114 valence electrons. The molecule has 2 heterocycles. The highest BCUT2D eigenvalue weighted by atomic mass is 19.1. The van der Waals surface area contributed by atoms with E-state index < -0.39 is 0 Å². The highest BCUT2D eigenvalue weighted by Gasteiger charge is 2.39. The van der Waals surface area contributed by atoms with Gasteiger partial charge in [0.25, 0.3) is 0 Å². The second-order valence-corrected chi connectivity index (χ2v) is 5.85. The van der Waals surface area contributed by atoms with Crippen molar-refractivity contribution in [3.05, 3.63) is 35.6 Å². The molecule has 0 spiro atoms. The lowest BCUT2D eigenvalue weighted by Gasteiger charge is -2.42. The summed E-state index contributed by atoms with van der Waals surface area (Å²) in [6.45, 7) is 4.65. The molecule has 3 rings (SSSR count). The van der Waals surface area contributed by atoms with Gasteiger partial charge in [-0.25, -0.2) is 9.18 Å². The Morgan fingerprint density at radius 2 is 2.14 bits per heavy atom. The van der Waals surface area contributed by atoms with Crippen LogP contribution < -0.4 is 11.1 Å². The number of rotatable bonds is 3. The number of nitrogens with zero attached hydrogens (tertiary/aromatic N) is 2. The molecule has 2 aliphatic rings. The van der Waals surface area contributed by atoms with Crippen molar-refractivity contribution in [3.63, 3.8) is 0 Å². The van der Waals surface area contributed by atoms with Crippen molar-refractivity contribution in [3.8, 4) is 0 Å². The van der Waals surface area contributed by atoms with Gasteiger partial charge in [0, 0.05) is 37.8 Å². The van der Waals surface area contributed by atoms with E-state index in [0.717, 1.165) is 6.54 Å². The van der Waals surface area contributed by atoms with Gasteiger partial charge < -0.3 is 16.0 Å². The largest absolute Gasteiger partial charge is 0.336 e. The quantitative estimate of drug-likeness (QED) is 0.871. The Bertz CT molecular complexity index is 536. The summed E-state index contributed by atoms with van der Waals surface area (Å²) in [6.07, 6.45) is 0. The van der Waals surface area contributed by atoms with Crippen LogP contribution in [0, 0.1) is 5.82 Å². The van der Waals surface area contributed by atoms with Crippen molar-refractivity contribution >= 4 is 6.03 Å². The second kappa shape index (κ2) is 5.61. The maximum Gasteiger partial charge on any atom is 0.317 e. The van der Waals surface area contributed by atoms with Crippen LogP contribution in [-0.4, -0.2) is 54.1 Å². The number of nitrogens with one attached hydrogen (secondary N) is 1. The van der Waals surface area contributed by atoms with E-state index in [-0.39, 0.29) is 30.0 Å². The maximum absolute atomic E-state index is 14.1. The van der Waals surface area contributed by atoms with Crippen LogP contribution in [0.2, 0.25) is 0 Å². The SMILES string of the molecule is CC(N)C(c1ccccc1F)N1CCN2C(=O)NCC2C1. The Balaban J connectivity index is 1.83. The molecule has 3 atom stereocenters. The minimum Gasteiger partial charge on any atom is -0.336 e. The van der Waals surface area contributed by atoms with Crippen LogP contribution in [0.3, 0.4) is 0 Å². The maximum atomic E-state index is 14.1. The van der Waals surface area contributed by atoms with Crippen molar-refractivity contribution < 1.29 is 9.18 Å². The molecule has 2 amide bonds. The van der Waals surface area contributed by atoms with Crippen LogP contribution in [0.5, 0.6) is 0 Å². The molecule has 2 saturated heterocycles. The standard InChI is InChI=1S/C15H21FN4O/c1-10(17)14(12-4-2-3-5-13(12)16)19-6-7-20-11(9-19)8-18-15(20)21/h2-5,10-11,14H,6-9,17H2,1H3,(H,18,21). The van der Waals surface area contributed by atoms with Crippen LogP contribution in [0.4, 0.5) is 9.18 Å². The van der Waals surface area contributed by atoms with Gasteiger partial charge in [-0.1, -0.05) is 18.2 Å². The van der Waals surface area contributed by atoms with Crippen LogP contribution in [-0.2, 0) is 0 Å². The molecule has 0 aliphatic carbocycles. The number of piperazine rings is 1. The lowest BCUT2D eigenvalue weighted by atomic mass is 9.97. The number of benzene rings is 1. The van der Waals surface area contributed by atoms with E-state index in [9.17, 15) is 9.18 Å². The summed E-state index contributed by atoms with van der Waals surface area (Å²) in [7, 11) is 0. The Labute approximate surface area is 123 Å². The van der Waals surface area contributed by atoms with Crippen molar-refractivity contribution in [2.75, 3.05) is 26.2 Å². The number of halogens is 1. The summed E-state index contributed by atoms with van der Waals surface area (Å²) in [4.78, 5) is 15.7. The molecule has 0 bridgehead atoms. The second-order valence-electron chi connectivity index (χ2n) is 5.85. The fourth-order valence-corrected chi connectivity index (χ4v) is 3.41. The van der Waals surface area contributed by atoms with Gasteiger partial charge in [-0.15, -0.1) is 0 Å². The predicted octanol–water partition coefficient (Wildman–Crippen LogP) is 0.923. The van der Waals surface area contributed by atoms with Crippen molar-refractivity contribution in [2.24, 2.45) is 5.73 Å². The number of carbonyl (C=O) groups excluding carboxylic acids is 1. The Morgan fingerprint density at radius 1 is 1.38 bits per heavy atom. The molecule has 1 aromatic carbocycles. The molecule has 5 nitrogen and oxygen atoms in total. The fourth-order valence-electron chi connectivity index (χ4n) is 3.41. The average molecular weight is 292 g/mol. The van der Waals surface area contributed by atoms with E-state index in [2.05, 4.69) is 10.2 Å². The summed E-state index contributed by atoms with van der Waals surface area (Å²) in [5.41, 5.74) is 6.77. The van der Waals surface area contributed by atoms with E-state index in [4.69, 9.17) is 5.73 Å². The molecular weight excluding hydrogens is 271 g/mol. The third-order valence-electron chi connectivity index (χ3n) is 4.38. The summed E-state index contributed by atoms with van der Waals surface area (Å²) in [5.74, 6) is -0.220. The Hall–Kier alpha value is -1.66. The van der Waals surface area contributed by atoms with E-state index in [0.29, 0.717) is 25.2 Å². The predicted molar refractivity (Wildman–Crippen MR) is 78.3 cm³/mol. The van der Waals surface area contributed by atoms with Gasteiger partial charge >= 0.3 is 6.03 Å². The molecule has 2 aliphatic heterocycles. The number of fused-ring (bicyclic) bond motifs is 1. The van der Waals surface area contributed by atoms with Gasteiger partial charge in [0.05, 0.1) is 12.1 Å². The molecule has 3 N–H and O–H groups in total. The fraction of sp³-hybridized carbons (Fsp3) is 0.533. The molecule has 6 heteroatoms. The molecule has 2 fully saturated rings. The molecular formula is C15H21FN4O. The molecule has 0 radical (unpaired) electrons. The minimum atomic E-state index is -0.220. The van der Waals surface area contributed by atoms with Gasteiger partial charge in [0.2, 0.25) is 0 Å². The number of hydrogen-bond donors (Lipinski definition) is 2. The monoisotopic (exact) mass is 292 g/mol. The number of urea groups is 1. The first-order valence-corrected chi connectivity index (χ1v) is 7.36. The summed E-state index contributed by atoms with van der Waals surface area (Å²) in [6, 6.07) is 6.61. The van der Waals surface area contributed by atoms with Crippen LogP contribution in [0.15, 0.2) is 24.3 Å². The van der Waals surface area contributed by atoms with E-state index >= 15 is 0 Å². The third-order valence-corrected chi connectivity index (χ3v) is 4.38. The van der Waals surface area contributed by atoms with E-state index in [1.54, 1.807) is 12.1 Å². The number of carbonyl (C=O) groups is 1. The zero-order chi connectivity index (χ0) is 15.0. The molecule has 21 heavy (non-hydrogen) atoms. The lowest BCUT2D eigenvalue weighted by Crippen LogP contribution is -2.55. The molecule has 0 saturated carbocycles. The van der Waals surface area contributed by atoms with Gasteiger partial charge in [-0.05, 0) is 13.0 Å². The smallest absolute Gasteiger partial charge is 0.317 e. The number of amides is 2. The first-order chi connectivity index (χ1) is 10.1.